The van der Waals surface area contributed by atoms with E-state index in [-0.39, 0.29) is 30.7 Å². The van der Waals surface area contributed by atoms with Gasteiger partial charge in [-0.2, -0.15) is 0 Å². The number of esters is 1. The second kappa shape index (κ2) is 10.9. The van der Waals surface area contributed by atoms with Crippen molar-refractivity contribution in [1.29, 1.82) is 0 Å². The Kier molecular flexibility index (Phi) is 8.73. The summed E-state index contributed by atoms with van der Waals surface area (Å²) < 4.78 is 30.6. The van der Waals surface area contributed by atoms with E-state index in [1.807, 2.05) is 0 Å². The van der Waals surface area contributed by atoms with Crippen molar-refractivity contribution in [2.24, 2.45) is 5.92 Å². The third-order valence-corrected chi connectivity index (χ3v) is 5.92. The maximum atomic E-state index is 12.9. The van der Waals surface area contributed by atoms with Gasteiger partial charge in [0.05, 0.1) is 12.4 Å². The molecule has 176 valence electrons. The molecular formula is C22H29NO8S. The summed E-state index contributed by atoms with van der Waals surface area (Å²) in [5.74, 6) is -2.15. The number of hydrogen-bond acceptors (Lipinski definition) is 8. The number of phenols is 1. The first-order chi connectivity index (χ1) is 14.9. The quantitative estimate of drug-likeness (QED) is 0.478. The lowest BCUT2D eigenvalue weighted by molar-refractivity contribution is -0.127. The molecule has 1 heterocycles. The number of carbonyl (C=O) groups excluding carboxylic acids is 2. The summed E-state index contributed by atoms with van der Waals surface area (Å²) in [5, 5.41) is 30.6. The Balaban J connectivity index is 2.51. The largest absolute Gasteiger partial charge is 0.507 e. The van der Waals surface area contributed by atoms with Gasteiger partial charge in [-0.05, 0) is 43.0 Å². The molecule has 1 aromatic rings. The molecule has 10 heteroatoms. The number of cyclic esters (lactones) is 1. The van der Waals surface area contributed by atoms with E-state index < -0.39 is 46.0 Å². The summed E-state index contributed by atoms with van der Waals surface area (Å²) in [7, 11) is -3.41. The smallest absolute Gasteiger partial charge is 0.342 e. The third-order valence-electron chi connectivity index (χ3n) is 5.19. The first kappa shape index (κ1) is 25.7. The molecule has 1 aromatic carbocycles. The third kappa shape index (κ3) is 6.99. The van der Waals surface area contributed by atoms with Crippen LogP contribution in [0.3, 0.4) is 0 Å². The predicted octanol–water partition coefficient (Wildman–Crippen LogP) is 0.929. The minimum Gasteiger partial charge on any atom is -0.507 e. The van der Waals surface area contributed by atoms with Crippen LogP contribution in [0.25, 0.3) is 6.08 Å². The van der Waals surface area contributed by atoms with E-state index in [0.29, 0.717) is 11.1 Å². The second-order valence-electron chi connectivity index (χ2n) is 7.83. The summed E-state index contributed by atoms with van der Waals surface area (Å²) in [5.41, 5.74) is 0.760. The lowest BCUT2D eigenvalue weighted by Gasteiger charge is -2.21. The van der Waals surface area contributed by atoms with Gasteiger partial charge >= 0.3 is 5.97 Å². The number of rotatable bonds is 4. The van der Waals surface area contributed by atoms with Gasteiger partial charge < -0.3 is 20.1 Å². The van der Waals surface area contributed by atoms with Gasteiger partial charge in [-0.25, -0.2) is 17.9 Å². The number of ketones is 1. The van der Waals surface area contributed by atoms with Crippen LogP contribution in [0.15, 0.2) is 30.4 Å². The molecule has 0 saturated heterocycles. The summed E-state index contributed by atoms with van der Waals surface area (Å²) in [4.78, 5) is 25.0. The van der Waals surface area contributed by atoms with Crippen LogP contribution >= 0.6 is 0 Å². The van der Waals surface area contributed by atoms with Crippen LogP contribution in [0.5, 0.6) is 5.75 Å². The number of sulfonamides is 1. The molecule has 32 heavy (non-hydrogen) atoms. The molecule has 0 radical (unpaired) electrons. The number of aromatic hydroxyl groups is 1. The molecule has 0 fully saturated rings. The van der Waals surface area contributed by atoms with Crippen LogP contribution in [0.4, 0.5) is 0 Å². The fourth-order valence-corrected chi connectivity index (χ4v) is 3.60. The number of phenolic OH excluding ortho intramolecular Hbond substituents is 1. The van der Waals surface area contributed by atoms with Gasteiger partial charge in [-0.15, -0.1) is 0 Å². The van der Waals surface area contributed by atoms with E-state index in [2.05, 4.69) is 4.72 Å². The van der Waals surface area contributed by atoms with Crippen LogP contribution in [0.1, 0.15) is 41.8 Å². The minimum absolute atomic E-state index is 0.0625. The molecule has 0 unspecified atom stereocenters. The highest BCUT2D eigenvalue weighted by atomic mass is 32.2. The Bertz CT molecular complexity index is 1020. The maximum absolute atomic E-state index is 12.9. The Hall–Kier alpha value is -2.53. The second-order valence-corrected chi connectivity index (χ2v) is 9.66. The fraction of sp³-hybridized carbons (Fsp3) is 0.455. The van der Waals surface area contributed by atoms with E-state index in [1.165, 1.54) is 24.3 Å². The molecule has 0 amide bonds. The van der Waals surface area contributed by atoms with Crippen LogP contribution in [0.2, 0.25) is 0 Å². The zero-order valence-corrected chi connectivity index (χ0v) is 19.0. The summed E-state index contributed by atoms with van der Waals surface area (Å²) in [6, 6.07) is 2.89. The van der Waals surface area contributed by atoms with Gasteiger partial charge in [-0.1, -0.05) is 31.2 Å². The number of nitrogens with one attached hydrogen (secondary N) is 1. The highest BCUT2D eigenvalue weighted by molar-refractivity contribution is 7.88. The molecule has 0 spiro atoms. The number of ether oxygens (including phenoxy) is 1. The minimum atomic E-state index is -3.41. The summed E-state index contributed by atoms with van der Waals surface area (Å²) in [6.07, 6.45) is 3.05. The maximum Gasteiger partial charge on any atom is 0.342 e. The van der Waals surface area contributed by atoms with Gasteiger partial charge in [-0.3, -0.25) is 4.79 Å². The fourth-order valence-electron chi connectivity index (χ4n) is 3.13. The van der Waals surface area contributed by atoms with Gasteiger partial charge in [0.25, 0.3) is 0 Å². The molecule has 1 aliphatic heterocycles. The number of carbonyl (C=O) groups is 2. The molecule has 4 N–H and O–H groups in total. The molecule has 9 nitrogen and oxygen atoms in total. The van der Waals surface area contributed by atoms with E-state index >= 15 is 0 Å². The lowest BCUT2D eigenvalue weighted by Crippen LogP contribution is -2.32. The Morgan fingerprint density at radius 2 is 1.84 bits per heavy atom. The summed E-state index contributed by atoms with van der Waals surface area (Å²) in [6.45, 7) is 3.40. The molecule has 0 aliphatic carbocycles. The zero-order valence-electron chi connectivity index (χ0n) is 18.2. The van der Waals surface area contributed by atoms with Crippen molar-refractivity contribution in [3.63, 3.8) is 0 Å². The van der Waals surface area contributed by atoms with Gasteiger partial charge in [0.2, 0.25) is 10.0 Å². The van der Waals surface area contributed by atoms with Crippen LogP contribution in [-0.4, -0.2) is 66.6 Å². The van der Waals surface area contributed by atoms with E-state index in [4.69, 9.17) is 4.74 Å². The van der Waals surface area contributed by atoms with Crippen molar-refractivity contribution >= 4 is 27.9 Å². The van der Waals surface area contributed by atoms with E-state index in [0.717, 1.165) is 12.3 Å². The van der Waals surface area contributed by atoms with Crippen molar-refractivity contribution in [2.75, 3.05) is 12.8 Å². The molecule has 2 rings (SSSR count). The Labute approximate surface area is 187 Å². The number of aliphatic hydroxyl groups is 2. The zero-order chi connectivity index (χ0) is 24.1. The monoisotopic (exact) mass is 467 g/mol. The van der Waals surface area contributed by atoms with E-state index in [9.17, 15) is 33.3 Å². The van der Waals surface area contributed by atoms with Crippen molar-refractivity contribution in [3.05, 3.63) is 47.1 Å². The topological polar surface area (TPSA) is 150 Å². The molecule has 0 saturated carbocycles. The predicted molar refractivity (Wildman–Crippen MR) is 119 cm³/mol. The lowest BCUT2D eigenvalue weighted by atomic mass is 9.95. The van der Waals surface area contributed by atoms with E-state index in [1.54, 1.807) is 19.9 Å². The van der Waals surface area contributed by atoms with Crippen LogP contribution in [0, 0.1) is 5.92 Å². The summed E-state index contributed by atoms with van der Waals surface area (Å²) >= 11 is 0. The normalized spacial score (nSPS) is 27.2. The van der Waals surface area contributed by atoms with Crippen LogP contribution in [-0.2, 0) is 26.0 Å². The number of benzene rings is 1. The van der Waals surface area contributed by atoms with Crippen molar-refractivity contribution < 1.29 is 38.1 Å². The molecule has 4 atom stereocenters. The number of aliphatic hydroxyl groups excluding tert-OH is 2. The molecule has 1 aliphatic rings. The van der Waals surface area contributed by atoms with Crippen molar-refractivity contribution in [2.45, 2.75) is 45.0 Å². The number of fused-ring (bicyclic) bond motifs is 1. The average molecular weight is 468 g/mol. The first-order valence-electron chi connectivity index (χ1n) is 10.2. The van der Waals surface area contributed by atoms with Crippen molar-refractivity contribution in [3.8, 4) is 5.75 Å². The standard InChI is InChI=1S/C22H29NO8S/c1-13-7-9-19(26)21(27)18(25)6-4-5-16-15(11-12-23-32(3,29)30)8-10-17(24)20(16)22(28)31-14(13)2/h4-5,7-10,13-14,18,21,23-25,27H,6,11-12H2,1-3H3/b5-4+,9-7-/t13-,14+,18+,21+/m1/s1. The first-order valence-corrected chi connectivity index (χ1v) is 12.0. The van der Waals surface area contributed by atoms with Crippen molar-refractivity contribution in [1.82, 2.24) is 4.72 Å². The molecule has 0 aromatic heterocycles. The van der Waals surface area contributed by atoms with Gasteiger partial charge in [0.15, 0.2) is 5.78 Å². The van der Waals surface area contributed by atoms with Gasteiger partial charge in [0, 0.05) is 12.5 Å². The van der Waals surface area contributed by atoms with Gasteiger partial charge in [0.1, 0.15) is 23.5 Å². The number of hydrogen-bond donors (Lipinski definition) is 4. The average Bonchev–Trinajstić information content (AvgIpc) is 2.70. The highest BCUT2D eigenvalue weighted by Crippen LogP contribution is 2.29. The SMILES string of the molecule is C[C@@H]1/C=C\C(=O)[C@@H](O)[C@@H](O)C/C=C/c2c(CCNS(C)(=O)=O)ccc(O)c2C(=O)O[C@H]1C. The van der Waals surface area contributed by atoms with Crippen LogP contribution < -0.4 is 4.72 Å². The Morgan fingerprint density at radius 3 is 2.50 bits per heavy atom. The molecular weight excluding hydrogens is 438 g/mol. The molecule has 0 bridgehead atoms. The highest BCUT2D eigenvalue weighted by Gasteiger charge is 2.25. The Morgan fingerprint density at radius 1 is 1.16 bits per heavy atom.